The van der Waals surface area contributed by atoms with Gasteiger partial charge in [-0.05, 0) is 36.8 Å². The predicted octanol–water partition coefficient (Wildman–Crippen LogP) is 1.96. The Balaban J connectivity index is 1.70. The molecule has 1 fully saturated rings. The molecule has 0 spiro atoms. The van der Waals surface area contributed by atoms with Gasteiger partial charge in [-0.25, -0.2) is 4.39 Å². The molecule has 0 saturated carbocycles. The van der Waals surface area contributed by atoms with Crippen molar-refractivity contribution in [2.24, 2.45) is 0 Å². The van der Waals surface area contributed by atoms with E-state index in [4.69, 9.17) is 4.74 Å². The van der Waals surface area contributed by atoms with Gasteiger partial charge in [-0.15, -0.1) is 0 Å². The first-order valence-corrected chi connectivity index (χ1v) is 8.70. The fraction of sp³-hybridized carbons (Fsp3) is 0.250. The molecular formula is C20H20FN3O4. The molecule has 0 unspecified atom stereocenters. The standard InChI is InChI=1S/C20H20FN3O4/c1-13-7-8-17(28-2)16(11-13)24-10-9-23(19(26)20(24)27)12-18(25)22-15-6-4-3-5-14(15)21/h3-8,11H,9-10,12H2,1-2H3,(H,22,25). The molecule has 0 radical (unpaired) electrons. The average molecular weight is 385 g/mol. The first-order valence-electron chi connectivity index (χ1n) is 8.70. The number of piperazine rings is 1. The van der Waals surface area contributed by atoms with E-state index in [1.165, 1.54) is 30.2 Å². The third-order valence-corrected chi connectivity index (χ3v) is 4.42. The van der Waals surface area contributed by atoms with Crippen molar-refractivity contribution in [2.75, 3.05) is 37.0 Å². The lowest BCUT2D eigenvalue weighted by atomic mass is 10.1. The van der Waals surface area contributed by atoms with Crippen LogP contribution < -0.4 is 15.0 Å². The topological polar surface area (TPSA) is 79.0 Å². The van der Waals surface area contributed by atoms with Crippen molar-refractivity contribution in [3.05, 3.63) is 53.8 Å². The first kappa shape index (κ1) is 19.3. The van der Waals surface area contributed by atoms with Gasteiger partial charge >= 0.3 is 11.8 Å². The molecule has 1 N–H and O–H groups in total. The van der Waals surface area contributed by atoms with Gasteiger partial charge in [-0.3, -0.25) is 19.3 Å². The number of hydrogen-bond acceptors (Lipinski definition) is 4. The summed E-state index contributed by atoms with van der Waals surface area (Å²) in [6, 6.07) is 11.1. The van der Waals surface area contributed by atoms with Gasteiger partial charge in [0.2, 0.25) is 5.91 Å². The minimum atomic E-state index is -0.793. The highest BCUT2D eigenvalue weighted by Crippen LogP contribution is 2.30. The maximum Gasteiger partial charge on any atom is 0.316 e. The number of hydrogen-bond donors (Lipinski definition) is 1. The summed E-state index contributed by atoms with van der Waals surface area (Å²) in [5.74, 6) is -2.20. The molecule has 146 valence electrons. The minimum Gasteiger partial charge on any atom is -0.495 e. The van der Waals surface area contributed by atoms with Crippen molar-refractivity contribution < 1.29 is 23.5 Å². The number of carbonyl (C=O) groups excluding carboxylic acids is 3. The molecule has 0 atom stereocenters. The fourth-order valence-corrected chi connectivity index (χ4v) is 2.99. The van der Waals surface area contributed by atoms with Gasteiger partial charge < -0.3 is 15.0 Å². The largest absolute Gasteiger partial charge is 0.495 e. The maximum atomic E-state index is 13.6. The second-order valence-electron chi connectivity index (χ2n) is 6.39. The second-order valence-corrected chi connectivity index (χ2v) is 6.39. The molecule has 0 aliphatic carbocycles. The summed E-state index contributed by atoms with van der Waals surface area (Å²) in [6.45, 7) is 1.93. The number of amides is 3. The molecule has 3 rings (SSSR count). The Morgan fingerprint density at radius 1 is 1.14 bits per heavy atom. The fourth-order valence-electron chi connectivity index (χ4n) is 2.99. The van der Waals surface area contributed by atoms with Gasteiger partial charge in [0.15, 0.2) is 0 Å². The summed E-state index contributed by atoms with van der Waals surface area (Å²) in [4.78, 5) is 39.7. The number of ether oxygens (including phenoxy) is 1. The molecule has 8 heteroatoms. The smallest absolute Gasteiger partial charge is 0.316 e. The minimum absolute atomic E-state index is 0.0226. The third-order valence-electron chi connectivity index (χ3n) is 4.42. The number of halogens is 1. The van der Waals surface area contributed by atoms with E-state index in [0.717, 1.165) is 10.5 Å². The van der Waals surface area contributed by atoms with Gasteiger partial charge in [-0.1, -0.05) is 18.2 Å². The van der Waals surface area contributed by atoms with E-state index in [1.807, 2.05) is 13.0 Å². The van der Waals surface area contributed by atoms with Gasteiger partial charge in [0.25, 0.3) is 0 Å². The number of nitrogens with zero attached hydrogens (tertiary/aromatic N) is 2. The van der Waals surface area contributed by atoms with E-state index in [2.05, 4.69) is 5.32 Å². The second kappa shape index (κ2) is 8.08. The molecule has 7 nitrogen and oxygen atoms in total. The van der Waals surface area contributed by atoms with Crippen LogP contribution in [0.5, 0.6) is 5.75 Å². The van der Waals surface area contributed by atoms with Crippen molar-refractivity contribution in [3.63, 3.8) is 0 Å². The third kappa shape index (κ3) is 3.95. The number of nitrogens with one attached hydrogen (secondary N) is 1. The Bertz CT molecular complexity index is 931. The molecule has 1 saturated heterocycles. The van der Waals surface area contributed by atoms with Crippen molar-refractivity contribution in [3.8, 4) is 5.75 Å². The zero-order chi connectivity index (χ0) is 20.3. The molecule has 0 bridgehead atoms. The highest BCUT2D eigenvalue weighted by Gasteiger charge is 2.35. The quantitative estimate of drug-likeness (QED) is 0.798. The molecule has 1 heterocycles. The van der Waals surface area contributed by atoms with E-state index >= 15 is 0 Å². The van der Waals surface area contributed by atoms with Gasteiger partial charge in [0.1, 0.15) is 18.1 Å². The zero-order valence-electron chi connectivity index (χ0n) is 15.6. The van der Waals surface area contributed by atoms with Crippen LogP contribution in [0.1, 0.15) is 5.56 Å². The number of benzene rings is 2. The molecule has 2 aromatic rings. The molecule has 0 aromatic heterocycles. The van der Waals surface area contributed by atoms with E-state index in [1.54, 1.807) is 18.2 Å². The molecule has 3 amide bonds. The van der Waals surface area contributed by atoms with Crippen LogP contribution in [0.15, 0.2) is 42.5 Å². The number of carbonyl (C=O) groups is 3. The highest BCUT2D eigenvalue weighted by molar-refractivity contribution is 6.41. The van der Waals surface area contributed by atoms with Crippen LogP contribution in [0.3, 0.4) is 0 Å². The molecule has 2 aromatic carbocycles. The van der Waals surface area contributed by atoms with Gasteiger partial charge in [0.05, 0.1) is 18.5 Å². The van der Waals surface area contributed by atoms with E-state index < -0.39 is 23.5 Å². The van der Waals surface area contributed by atoms with Crippen LogP contribution >= 0.6 is 0 Å². The van der Waals surface area contributed by atoms with E-state index in [9.17, 15) is 18.8 Å². The SMILES string of the molecule is COc1ccc(C)cc1N1CCN(CC(=O)Nc2ccccc2F)C(=O)C1=O. The first-order chi connectivity index (χ1) is 13.4. The number of aryl methyl sites for hydroxylation is 1. The van der Waals surface area contributed by atoms with Crippen molar-refractivity contribution in [1.29, 1.82) is 0 Å². The van der Waals surface area contributed by atoms with Crippen LogP contribution in [-0.4, -0.2) is 49.4 Å². The number of methoxy groups -OCH3 is 1. The zero-order valence-corrected chi connectivity index (χ0v) is 15.6. The van der Waals surface area contributed by atoms with Crippen LogP contribution in [0, 0.1) is 12.7 Å². The maximum absolute atomic E-state index is 13.6. The molecule has 1 aliphatic rings. The Labute approximate surface area is 161 Å². The van der Waals surface area contributed by atoms with Crippen LogP contribution in [0.2, 0.25) is 0 Å². The Hall–Kier alpha value is -3.42. The molecule has 1 aliphatic heterocycles. The number of anilines is 2. The Morgan fingerprint density at radius 3 is 2.61 bits per heavy atom. The monoisotopic (exact) mass is 385 g/mol. The lowest BCUT2D eigenvalue weighted by molar-refractivity contribution is -0.147. The number of rotatable bonds is 5. The number of para-hydroxylation sites is 1. The molecular weight excluding hydrogens is 365 g/mol. The average Bonchev–Trinajstić information content (AvgIpc) is 2.67. The molecule has 28 heavy (non-hydrogen) atoms. The van der Waals surface area contributed by atoms with Crippen molar-refractivity contribution in [1.82, 2.24) is 4.90 Å². The summed E-state index contributed by atoms with van der Waals surface area (Å²) >= 11 is 0. The van der Waals surface area contributed by atoms with Crippen molar-refractivity contribution >= 4 is 29.1 Å². The Morgan fingerprint density at radius 2 is 1.89 bits per heavy atom. The summed E-state index contributed by atoms with van der Waals surface area (Å²) < 4.78 is 18.9. The Kier molecular flexibility index (Phi) is 5.58. The van der Waals surface area contributed by atoms with Crippen molar-refractivity contribution in [2.45, 2.75) is 6.92 Å². The van der Waals surface area contributed by atoms with Gasteiger partial charge in [-0.2, -0.15) is 0 Å². The summed E-state index contributed by atoms with van der Waals surface area (Å²) in [5.41, 5.74) is 1.45. The van der Waals surface area contributed by atoms with Gasteiger partial charge in [0, 0.05) is 13.1 Å². The van der Waals surface area contributed by atoms with E-state index in [0.29, 0.717) is 11.4 Å². The lowest BCUT2D eigenvalue weighted by Gasteiger charge is -2.34. The summed E-state index contributed by atoms with van der Waals surface area (Å²) in [6.07, 6.45) is 0. The van der Waals surface area contributed by atoms with Crippen LogP contribution in [0.4, 0.5) is 15.8 Å². The predicted molar refractivity (Wildman–Crippen MR) is 102 cm³/mol. The van der Waals surface area contributed by atoms with Crippen LogP contribution in [0.25, 0.3) is 0 Å². The lowest BCUT2D eigenvalue weighted by Crippen LogP contribution is -2.56. The summed E-state index contributed by atoms with van der Waals surface area (Å²) in [7, 11) is 1.49. The van der Waals surface area contributed by atoms with Crippen LogP contribution in [-0.2, 0) is 14.4 Å². The van der Waals surface area contributed by atoms with E-state index in [-0.39, 0.29) is 25.3 Å². The summed E-state index contributed by atoms with van der Waals surface area (Å²) in [5, 5.41) is 2.41. The normalized spacial score (nSPS) is 14.2. The highest BCUT2D eigenvalue weighted by atomic mass is 19.1.